The van der Waals surface area contributed by atoms with E-state index < -0.39 is 112 Å². The van der Waals surface area contributed by atoms with Crippen molar-refractivity contribution in [2.75, 3.05) is 19.8 Å². The lowest BCUT2D eigenvalue weighted by Crippen LogP contribution is -2.65. The Hall–Kier alpha value is -1.42. The van der Waals surface area contributed by atoms with Crippen molar-refractivity contribution < 1.29 is 84.3 Å². The topological polar surface area (TPSA) is 283 Å². The third-order valence-electron chi connectivity index (χ3n) is 9.86. The summed E-state index contributed by atoms with van der Waals surface area (Å²) in [5, 5.41) is 102. The van der Waals surface area contributed by atoms with Crippen LogP contribution in [0.25, 0.3) is 0 Å². The minimum Gasteiger partial charge on any atom is -0.463 e. The predicted molar refractivity (Wildman–Crippen MR) is 186 cm³/mol. The van der Waals surface area contributed by atoms with Gasteiger partial charge in [0.15, 0.2) is 18.9 Å². The standard InChI is InChI=1S/C36H66O17/c1-2-3-4-5-6-7-8-9-10-11-12-13-14-15-16-17-26(42)49-21-25-28(44)29(45)31(47)35(51-25)53-34-24(20-39)50-36(32(48)30(34)46)52-33(23(41)19-38)27(43)22(40)18-37/h18,22-25,27-36,38-41,43-48H,2-17,19-21H2,1H3/t22-,23+,24+,25+,27+,28+,29-,30+,31+,32+,33+,34+,35+,36+/m0/s1. The first-order chi connectivity index (χ1) is 25.4. The Morgan fingerprint density at radius 1 is 0.679 bits per heavy atom. The van der Waals surface area contributed by atoms with Gasteiger partial charge in [-0.05, 0) is 6.42 Å². The summed E-state index contributed by atoms with van der Waals surface area (Å²) in [5.41, 5.74) is 0. The number of hydrogen-bond acceptors (Lipinski definition) is 17. The Bertz CT molecular complexity index is 974. The smallest absolute Gasteiger partial charge is 0.305 e. The van der Waals surface area contributed by atoms with Gasteiger partial charge in [-0.3, -0.25) is 4.79 Å². The Morgan fingerprint density at radius 2 is 1.19 bits per heavy atom. The van der Waals surface area contributed by atoms with Crippen LogP contribution < -0.4 is 0 Å². The monoisotopic (exact) mass is 770 g/mol. The zero-order valence-electron chi connectivity index (χ0n) is 30.9. The minimum atomic E-state index is -2.10. The molecule has 0 bridgehead atoms. The quantitative estimate of drug-likeness (QED) is 0.0262. The van der Waals surface area contributed by atoms with Gasteiger partial charge in [0, 0.05) is 6.42 Å². The van der Waals surface area contributed by atoms with Crippen LogP contribution in [0.3, 0.4) is 0 Å². The Kier molecular flexibility index (Phi) is 23.8. The summed E-state index contributed by atoms with van der Waals surface area (Å²) < 4.78 is 27.2. The summed E-state index contributed by atoms with van der Waals surface area (Å²) in [4.78, 5) is 23.3. The molecule has 312 valence electrons. The number of aliphatic hydroxyl groups is 10. The van der Waals surface area contributed by atoms with Crippen LogP contribution in [-0.2, 0) is 33.3 Å². The molecule has 0 aromatic rings. The van der Waals surface area contributed by atoms with Gasteiger partial charge < -0.3 is 79.5 Å². The Morgan fingerprint density at radius 3 is 1.70 bits per heavy atom. The molecule has 2 rings (SSSR count). The summed E-state index contributed by atoms with van der Waals surface area (Å²) in [5.74, 6) is -0.547. The van der Waals surface area contributed by atoms with E-state index in [1.165, 1.54) is 70.6 Å². The number of ether oxygens (including phenoxy) is 5. The van der Waals surface area contributed by atoms with Gasteiger partial charge in [-0.2, -0.15) is 0 Å². The van der Waals surface area contributed by atoms with Crippen LogP contribution in [0, 0.1) is 0 Å². The maximum Gasteiger partial charge on any atom is 0.305 e. The van der Waals surface area contributed by atoms with Crippen molar-refractivity contribution in [1.29, 1.82) is 0 Å². The number of carbonyl (C=O) groups is 2. The average Bonchev–Trinajstić information content (AvgIpc) is 3.16. The normalized spacial score (nSPS) is 31.5. The van der Waals surface area contributed by atoms with E-state index in [0.717, 1.165) is 19.3 Å². The average molecular weight is 771 g/mol. The van der Waals surface area contributed by atoms with Gasteiger partial charge in [-0.1, -0.05) is 96.8 Å². The lowest BCUT2D eigenvalue weighted by molar-refractivity contribution is -0.367. The number of hydrogen-bond donors (Lipinski definition) is 10. The predicted octanol–water partition coefficient (Wildman–Crippen LogP) is -0.918. The van der Waals surface area contributed by atoms with Gasteiger partial charge in [-0.15, -0.1) is 0 Å². The molecular weight excluding hydrogens is 704 g/mol. The molecule has 2 aliphatic rings. The van der Waals surface area contributed by atoms with Crippen LogP contribution >= 0.6 is 0 Å². The van der Waals surface area contributed by atoms with Crippen LogP contribution in [-0.4, -0.2) is 169 Å². The van der Waals surface area contributed by atoms with Gasteiger partial charge in [0.2, 0.25) is 0 Å². The van der Waals surface area contributed by atoms with E-state index in [1.807, 2.05) is 0 Å². The van der Waals surface area contributed by atoms with Crippen molar-refractivity contribution in [3.8, 4) is 0 Å². The van der Waals surface area contributed by atoms with Crippen LogP contribution in [0.5, 0.6) is 0 Å². The second-order valence-electron chi connectivity index (χ2n) is 14.2. The molecule has 10 N–H and O–H groups in total. The molecule has 0 amide bonds. The SMILES string of the molecule is CCCCCCCCCCCCCCCCCC(=O)OC[C@H]1O[C@H](O[C@H]2[C@H](O)[C@@H](O)[C@@H](O[C@@H]([C@H](O)[C@@H](O)C=O)[C@H](O)CO)O[C@@H]2CO)[C@H](O)[C@@H](O)[C@@H]1O. The molecular formula is C36H66O17. The van der Waals surface area contributed by atoms with Crippen molar-refractivity contribution >= 4 is 12.3 Å². The molecule has 14 atom stereocenters. The van der Waals surface area contributed by atoms with Gasteiger partial charge in [-0.25, -0.2) is 0 Å². The highest BCUT2D eigenvalue weighted by Crippen LogP contribution is 2.31. The van der Waals surface area contributed by atoms with Gasteiger partial charge in [0.25, 0.3) is 0 Å². The summed E-state index contributed by atoms with van der Waals surface area (Å²) >= 11 is 0. The molecule has 0 spiro atoms. The number of aldehydes is 1. The zero-order chi connectivity index (χ0) is 39.3. The van der Waals surface area contributed by atoms with Crippen molar-refractivity contribution in [3.63, 3.8) is 0 Å². The van der Waals surface area contributed by atoms with Gasteiger partial charge in [0.1, 0.15) is 79.9 Å². The Balaban J connectivity index is 1.79. The van der Waals surface area contributed by atoms with Crippen molar-refractivity contribution in [2.24, 2.45) is 0 Å². The molecule has 53 heavy (non-hydrogen) atoms. The van der Waals surface area contributed by atoms with E-state index in [-0.39, 0.29) is 12.7 Å². The van der Waals surface area contributed by atoms with Crippen molar-refractivity contribution in [2.45, 2.75) is 195 Å². The highest BCUT2D eigenvalue weighted by Gasteiger charge is 2.52. The maximum absolute atomic E-state index is 12.4. The summed E-state index contributed by atoms with van der Waals surface area (Å²) in [6, 6.07) is 0. The number of aliphatic hydroxyl groups excluding tert-OH is 10. The number of rotatable bonds is 28. The minimum absolute atomic E-state index is 0.0604. The molecule has 0 aromatic carbocycles. The fourth-order valence-electron chi connectivity index (χ4n) is 6.47. The van der Waals surface area contributed by atoms with E-state index in [9.17, 15) is 60.7 Å². The van der Waals surface area contributed by atoms with Crippen LogP contribution in [0.1, 0.15) is 110 Å². The van der Waals surface area contributed by atoms with E-state index in [1.54, 1.807) is 0 Å². The fourth-order valence-corrected chi connectivity index (χ4v) is 6.47. The third kappa shape index (κ3) is 15.9. The lowest BCUT2D eigenvalue weighted by Gasteiger charge is -2.46. The molecule has 0 unspecified atom stereocenters. The molecule has 0 radical (unpaired) electrons. The number of carbonyl (C=O) groups excluding carboxylic acids is 2. The zero-order valence-corrected chi connectivity index (χ0v) is 30.9. The molecule has 0 aliphatic carbocycles. The van der Waals surface area contributed by atoms with Crippen LogP contribution in [0.2, 0.25) is 0 Å². The van der Waals surface area contributed by atoms with E-state index in [4.69, 9.17) is 23.7 Å². The Labute approximate surface area is 311 Å². The summed E-state index contributed by atoms with van der Waals surface area (Å²) in [7, 11) is 0. The largest absolute Gasteiger partial charge is 0.463 e. The summed E-state index contributed by atoms with van der Waals surface area (Å²) in [6.45, 7) is -0.173. The van der Waals surface area contributed by atoms with Crippen molar-refractivity contribution in [1.82, 2.24) is 0 Å². The van der Waals surface area contributed by atoms with E-state index in [2.05, 4.69) is 6.92 Å². The molecule has 2 heterocycles. The number of unbranched alkanes of at least 4 members (excludes halogenated alkanes) is 14. The molecule has 0 aromatic heterocycles. The first-order valence-corrected chi connectivity index (χ1v) is 19.3. The molecule has 2 fully saturated rings. The van der Waals surface area contributed by atoms with Crippen LogP contribution in [0.4, 0.5) is 0 Å². The van der Waals surface area contributed by atoms with Gasteiger partial charge >= 0.3 is 5.97 Å². The molecule has 0 saturated carbocycles. The first kappa shape index (κ1) is 47.7. The second kappa shape index (κ2) is 26.4. The fraction of sp³-hybridized carbons (Fsp3) is 0.944. The summed E-state index contributed by atoms with van der Waals surface area (Å²) in [6.07, 6.45) is -7.88. The molecule has 2 saturated heterocycles. The first-order valence-electron chi connectivity index (χ1n) is 19.3. The highest BCUT2D eigenvalue weighted by molar-refractivity contribution is 5.69. The third-order valence-corrected chi connectivity index (χ3v) is 9.86. The molecule has 2 aliphatic heterocycles. The van der Waals surface area contributed by atoms with Crippen LogP contribution in [0.15, 0.2) is 0 Å². The molecule has 17 heteroatoms. The van der Waals surface area contributed by atoms with E-state index in [0.29, 0.717) is 6.42 Å². The van der Waals surface area contributed by atoms with Crippen molar-refractivity contribution in [3.05, 3.63) is 0 Å². The maximum atomic E-state index is 12.4. The van der Waals surface area contributed by atoms with Gasteiger partial charge in [0.05, 0.1) is 13.2 Å². The molecule has 17 nitrogen and oxygen atoms in total. The highest BCUT2D eigenvalue weighted by atomic mass is 16.7. The number of esters is 1. The lowest BCUT2D eigenvalue weighted by atomic mass is 9.96. The second-order valence-corrected chi connectivity index (χ2v) is 14.2. The van der Waals surface area contributed by atoms with E-state index >= 15 is 0 Å².